The SMILES string of the molecule is O=C(C[C@@]1(COc2ccc(Cl)cc2)CCCN(C(=O)c2c(F)cccc2F)C1)N1CCOCC1. The summed E-state index contributed by atoms with van der Waals surface area (Å²) in [6, 6.07) is 10.3. The molecular formula is C25H27ClF2N2O4. The lowest BCUT2D eigenvalue weighted by Crippen LogP contribution is -2.52. The molecule has 2 amide bonds. The molecule has 1 atom stereocenters. The van der Waals surface area contributed by atoms with Gasteiger partial charge in [0.15, 0.2) is 0 Å². The molecule has 0 unspecified atom stereocenters. The van der Waals surface area contributed by atoms with Crippen molar-refractivity contribution in [2.24, 2.45) is 5.41 Å². The third-order valence-corrected chi connectivity index (χ3v) is 6.63. The Bertz CT molecular complexity index is 1010. The van der Waals surface area contributed by atoms with Crippen molar-refractivity contribution in [2.75, 3.05) is 46.0 Å². The molecule has 2 aliphatic rings. The molecule has 0 aromatic heterocycles. The number of carbonyl (C=O) groups excluding carboxylic acids is 2. The summed E-state index contributed by atoms with van der Waals surface area (Å²) in [5.74, 6) is -1.98. The maximum Gasteiger partial charge on any atom is 0.259 e. The van der Waals surface area contributed by atoms with Gasteiger partial charge < -0.3 is 19.3 Å². The second kappa shape index (κ2) is 10.7. The Morgan fingerprint density at radius 3 is 2.35 bits per heavy atom. The highest BCUT2D eigenvalue weighted by atomic mass is 35.5. The molecule has 0 radical (unpaired) electrons. The van der Waals surface area contributed by atoms with Crippen LogP contribution in [0.15, 0.2) is 42.5 Å². The molecule has 2 fully saturated rings. The van der Waals surface area contributed by atoms with Crippen molar-refractivity contribution in [3.05, 3.63) is 64.7 Å². The lowest BCUT2D eigenvalue weighted by atomic mass is 9.77. The number of piperidine rings is 1. The van der Waals surface area contributed by atoms with Crippen LogP contribution in [-0.2, 0) is 9.53 Å². The van der Waals surface area contributed by atoms with E-state index in [2.05, 4.69) is 0 Å². The van der Waals surface area contributed by atoms with E-state index < -0.39 is 28.5 Å². The largest absolute Gasteiger partial charge is 0.493 e. The molecule has 2 aromatic carbocycles. The van der Waals surface area contributed by atoms with Crippen LogP contribution in [0.5, 0.6) is 5.75 Å². The molecule has 9 heteroatoms. The predicted molar refractivity (Wildman–Crippen MR) is 123 cm³/mol. The standard InChI is InChI=1S/C25H27ClF2N2O4/c26-18-5-7-19(8-6-18)34-17-25(15-22(31)29-11-13-33-14-12-29)9-2-10-30(16-25)24(32)23-20(27)3-1-4-21(23)28/h1,3-8H,2,9-17H2/t25-/m0/s1. The molecule has 0 bridgehead atoms. The first-order valence-electron chi connectivity index (χ1n) is 11.3. The van der Waals surface area contributed by atoms with Gasteiger partial charge in [0, 0.05) is 43.0 Å². The first-order chi connectivity index (χ1) is 16.4. The molecule has 2 saturated heterocycles. The van der Waals surface area contributed by atoms with E-state index in [4.69, 9.17) is 21.1 Å². The summed E-state index contributed by atoms with van der Waals surface area (Å²) in [5, 5.41) is 0.575. The van der Waals surface area contributed by atoms with Gasteiger partial charge in [0.25, 0.3) is 5.91 Å². The smallest absolute Gasteiger partial charge is 0.259 e. The minimum absolute atomic E-state index is 0.0469. The first-order valence-corrected chi connectivity index (χ1v) is 11.7. The van der Waals surface area contributed by atoms with E-state index in [9.17, 15) is 18.4 Å². The summed E-state index contributed by atoms with van der Waals surface area (Å²) in [7, 11) is 0. The maximum absolute atomic E-state index is 14.3. The Balaban J connectivity index is 1.56. The molecule has 2 heterocycles. The lowest BCUT2D eigenvalue weighted by molar-refractivity contribution is -0.139. The Labute approximate surface area is 202 Å². The number of nitrogens with zero attached hydrogens (tertiary/aromatic N) is 2. The molecule has 6 nitrogen and oxygen atoms in total. The fraction of sp³-hybridized carbons (Fsp3) is 0.440. The Kier molecular flexibility index (Phi) is 7.68. The van der Waals surface area contributed by atoms with Crippen molar-refractivity contribution < 1.29 is 27.8 Å². The number of rotatable bonds is 6. The van der Waals surface area contributed by atoms with Crippen LogP contribution in [0.1, 0.15) is 29.6 Å². The number of morpholine rings is 1. The summed E-state index contributed by atoms with van der Waals surface area (Å²) < 4.78 is 40.0. The molecule has 0 N–H and O–H groups in total. The van der Waals surface area contributed by atoms with Gasteiger partial charge in [0.1, 0.15) is 22.9 Å². The molecule has 34 heavy (non-hydrogen) atoms. The Hall–Kier alpha value is -2.71. The average molecular weight is 493 g/mol. The van der Waals surface area contributed by atoms with Gasteiger partial charge >= 0.3 is 0 Å². The first kappa shape index (κ1) is 24.4. The fourth-order valence-electron chi connectivity index (χ4n) is 4.57. The van der Waals surface area contributed by atoms with E-state index in [0.29, 0.717) is 56.5 Å². The predicted octanol–water partition coefficient (Wildman–Crippen LogP) is 4.17. The minimum atomic E-state index is -0.900. The Morgan fingerprint density at radius 1 is 1.00 bits per heavy atom. The number of likely N-dealkylation sites (tertiary alicyclic amines) is 1. The molecule has 2 aromatic rings. The summed E-state index contributed by atoms with van der Waals surface area (Å²) >= 11 is 5.96. The normalized spacial score (nSPS) is 20.8. The van der Waals surface area contributed by atoms with Crippen molar-refractivity contribution in [3.8, 4) is 5.75 Å². The van der Waals surface area contributed by atoms with E-state index in [1.54, 1.807) is 29.2 Å². The molecule has 0 saturated carbocycles. The summed E-state index contributed by atoms with van der Waals surface area (Å²) in [6.45, 7) is 2.67. The summed E-state index contributed by atoms with van der Waals surface area (Å²) in [6.07, 6.45) is 1.38. The quantitative estimate of drug-likeness (QED) is 0.607. The third kappa shape index (κ3) is 5.67. The molecule has 0 aliphatic carbocycles. The van der Waals surface area contributed by atoms with Crippen LogP contribution in [0.2, 0.25) is 5.02 Å². The maximum atomic E-state index is 14.3. The van der Waals surface area contributed by atoms with Gasteiger partial charge in [-0.05, 0) is 49.2 Å². The monoisotopic (exact) mass is 492 g/mol. The van der Waals surface area contributed by atoms with Gasteiger partial charge in [-0.15, -0.1) is 0 Å². The molecule has 182 valence electrons. The second-order valence-electron chi connectivity index (χ2n) is 8.84. The van der Waals surface area contributed by atoms with Crippen LogP contribution in [0.4, 0.5) is 8.78 Å². The summed E-state index contributed by atoms with van der Waals surface area (Å²) in [4.78, 5) is 29.5. The van der Waals surface area contributed by atoms with Crippen LogP contribution >= 0.6 is 11.6 Å². The van der Waals surface area contributed by atoms with Crippen LogP contribution in [0.25, 0.3) is 0 Å². The second-order valence-corrected chi connectivity index (χ2v) is 9.28. The van der Waals surface area contributed by atoms with Gasteiger partial charge in [0.05, 0.1) is 19.8 Å². The van der Waals surface area contributed by atoms with Gasteiger partial charge in [0.2, 0.25) is 5.91 Å². The molecular weight excluding hydrogens is 466 g/mol. The third-order valence-electron chi connectivity index (χ3n) is 6.37. The van der Waals surface area contributed by atoms with E-state index in [1.807, 2.05) is 0 Å². The number of ether oxygens (including phenoxy) is 2. The van der Waals surface area contributed by atoms with Gasteiger partial charge in [-0.1, -0.05) is 17.7 Å². The van der Waals surface area contributed by atoms with Gasteiger partial charge in [-0.25, -0.2) is 8.78 Å². The highest BCUT2D eigenvalue weighted by Gasteiger charge is 2.42. The van der Waals surface area contributed by atoms with Crippen molar-refractivity contribution in [1.82, 2.24) is 9.80 Å². The highest BCUT2D eigenvalue weighted by Crippen LogP contribution is 2.36. The zero-order chi connectivity index (χ0) is 24.1. The fourth-order valence-corrected chi connectivity index (χ4v) is 4.69. The van der Waals surface area contributed by atoms with E-state index >= 15 is 0 Å². The van der Waals surface area contributed by atoms with Gasteiger partial charge in [-0.3, -0.25) is 9.59 Å². The number of benzene rings is 2. The highest BCUT2D eigenvalue weighted by molar-refractivity contribution is 6.30. The molecule has 0 spiro atoms. The van der Waals surface area contributed by atoms with Gasteiger partial charge in [-0.2, -0.15) is 0 Å². The minimum Gasteiger partial charge on any atom is -0.493 e. The molecule has 2 aliphatic heterocycles. The average Bonchev–Trinajstić information content (AvgIpc) is 2.84. The number of hydrogen-bond donors (Lipinski definition) is 0. The van der Waals surface area contributed by atoms with E-state index in [-0.39, 0.29) is 25.5 Å². The van der Waals surface area contributed by atoms with Crippen molar-refractivity contribution in [2.45, 2.75) is 19.3 Å². The zero-order valence-electron chi connectivity index (χ0n) is 18.8. The number of amides is 2. The lowest BCUT2D eigenvalue weighted by Gasteiger charge is -2.43. The van der Waals surface area contributed by atoms with Crippen molar-refractivity contribution >= 4 is 23.4 Å². The summed E-state index contributed by atoms with van der Waals surface area (Å²) in [5.41, 5.74) is -1.28. The molecule has 4 rings (SSSR count). The number of hydrogen-bond acceptors (Lipinski definition) is 4. The number of halogens is 3. The van der Waals surface area contributed by atoms with Crippen LogP contribution in [-0.4, -0.2) is 67.6 Å². The zero-order valence-corrected chi connectivity index (χ0v) is 19.5. The Morgan fingerprint density at radius 2 is 1.68 bits per heavy atom. The van der Waals surface area contributed by atoms with Crippen LogP contribution in [0, 0.1) is 17.0 Å². The van der Waals surface area contributed by atoms with Crippen molar-refractivity contribution in [3.63, 3.8) is 0 Å². The van der Waals surface area contributed by atoms with E-state index in [1.165, 1.54) is 11.0 Å². The van der Waals surface area contributed by atoms with Crippen LogP contribution in [0.3, 0.4) is 0 Å². The van der Waals surface area contributed by atoms with E-state index in [0.717, 1.165) is 12.1 Å². The van der Waals surface area contributed by atoms with Crippen molar-refractivity contribution in [1.29, 1.82) is 0 Å². The number of carbonyl (C=O) groups is 2. The van der Waals surface area contributed by atoms with Crippen LogP contribution < -0.4 is 4.74 Å². The topological polar surface area (TPSA) is 59.1 Å².